The van der Waals surface area contributed by atoms with Gasteiger partial charge in [-0.25, -0.2) is 0 Å². The van der Waals surface area contributed by atoms with Crippen molar-refractivity contribution in [2.75, 3.05) is 0 Å². The average Bonchev–Trinajstić information content (AvgIpc) is 2.03. The summed E-state index contributed by atoms with van der Waals surface area (Å²) < 4.78 is 0.508. The number of hydrogen-bond acceptors (Lipinski definition) is 2. The summed E-state index contributed by atoms with van der Waals surface area (Å²) in [4.78, 5) is 4.12. The number of aryl methyl sites for hydroxylation is 1. The Balaban J connectivity index is 3.39. The van der Waals surface area contributed by atoms with E-state index in [4.69, 9.17) is 5.41 Å². The largest absolute Gasteiger partial charge is 0.294 e. The fraction of sp³-hybridized carbons (Fsp3) is 0.111. The van der Waals surface area contributed by atoms with Gasteiger partial charge in [0.25, 0.3) is 0 Å². The van der Waals surface area contributed by atoms with Crippen LogP contribution in [0, 0.1) is 12.3 Å². The van der Waals surface area contributed by atoms with E-state index >= 15 is 0 Å². The molecule has 0 unspecified atom stereocenters. The summed E-state index contributed by atoms with van der Waals surface area (Å²) in [6.45, 7) is 5.59. The Bertz CT molecular complexity index is 331. The van der Waals surface area contributed by atoms with E-state index in [0.717, 1.165) is 16.8 Å². The van der Waals surface area contributed by atoms with Crippen molar-refractivity contribution in [1.82, 2.24) is 4.98 Å². The normalized spacial score (nSPS) is 9.50. The maximum absolute atomic E-state index is 7.52. The zero-order valence-corrected chi connectivity index (χ0v) is 8.92. The van der Waals surface area contributed by atoms with Crippen molar-refractivity contribution in [3.05, 3.63) is 35.7 Å². The molecule has 0 aliphatic carbocycles. The van der Waals surface area contributed by atoms with E-state index in [1.165, 1.54) is 0 Å². The smallest absolute Gasteiger partial charge is 0.102 e. The fourth-order valence-corrected chi connectivity index (χ4v) is 1.74. The monoisotopic (exact) mass is 272 g/mol. The number of hydrogen-bond donors (Lipinski definition) is 1. The van der Waals surface area contributed by atoms with Gasteiger partial charge in [-0.05, 0) is 41.1 Å². The predicted octanol–water partition coefficient (Wildman–Crippen LogP) is 2.79. The predicted molar refractivity (Wildman–Crippen MR) is 59.9 cm³/mol. The molecular weight excluding hydrogens is 263 g/mol. The Morgan fingerprint density at radius 2 is 2.42 bits per heavy atom. The van der Waals surface area contributed by atoms with Gasteiger partial charge >= 0.3 is 0 Å². The van der Waals surface area contributed by atoms with Gasteiger partial charge in [-0.1, -0.05) is 12.7 Å². The Morgan fingerprint density at radius 1 is 1.75 bits per heavy atom. The molecule has 0 aliphatic rings. The van der Waals surface area contributed by atoms with Crippen molar-refractivity contribution in [3.8, 4) is 0 Å². The lowest BCUT2D eigenvalue weighted by molar-refractivity contribution is 1.18. The molecule has 0 saturated heterocycles. The second-order valence-electron chi connectivity index (χ2n) is 2.38. The summed E-state index contributed by atoms with van der Waals surface area (Å²) in [7, 11) is 0. The number of nitrogens with zero attached hydrogens (tertiary/aromatic N) is 1. The van der Waals surface area contributed by atoms with E-state index in [2.05, 4.69) is 11.6 Å². The molecule has 0 radical (unpaired) electrons. The molecule has 0 spiro atoms. The Morgan fingerprint density at radius 3 is 2.83 bits per heavy atom. The third-order valence-electron chi connectivity index (χ3n) is 1.61. The molecule has 1 aromatic rings. The second kappa shape index (κ2) is 3.80. The quantitative estimate of drug-likeness (QED) is 0.652. The highest BCUT2D eigenvalue weighted by molar-refractivity contribution is 14.1. The summed E-state index contributed by atoms with van der Waals surface area (Å²) in [5.41, 5.74) is 2.74. The minimum absolute atomic E-state index is 0.508. The van der Waals surface area contributed by atoms with E-state index in [-0.39, 0.29) is 0 Å². The molecule has 1 aromatic heterocycles. The minimum Gasteiger partial charge on any atom is -0.294 e. The first-order valence-corrected chi connectivity index (χ1v) is 4.57. The van der Waals surface area contributed by atoms with Gasteiger partial charge in [0.05, 0.1) is 0 Å². The maximum Gasteiger partial charge on any atom is 0.102 e. The van der Waals surface area contributed by atoms with E-state index in [1.807, 2.05) is 35.6 Å². The van der Waals surface area contributed by atoms with Crippen molar-refractivity contribution < 1.29 is 0 Å². The van der Waals surface area contributed by atoms with Crippen molar-refractivity contribution >= 4 is 32.4 Å². The molecule has 1 heterocycles. The van der Waals surface area contributed by atoms with Gasteiger partial charge in [0.1, 0.15) is 3.72 Å². The standard InChI is InChI=1S/C9H9IN2/c1-3-7-4-5-12-6(2)8(7)9(10)11/h3-5,11H,1H2,2H3. The lowest BCUT2D eigenvalue weighted by Crippen LogP contribution is -1.98. The van der Waals surface area contributed by atoms with Gasteiger partial charge in [-0.3, -0.25) is 10.4 Å². The molecular formula is C9H9IN2. The van der Waals surface area contributed by atoms with Crippen LogP contribution in [0.1, 0.15) is 16.8 Å². The SMILES string of the molecule is C=Cc1ccnc(C)c1C(=N)I. The highest BCUT2D eigenvalue weighted by atomic mass is 127. The zero-order chi connectivity index (χ0) is 9.14. The molecule has 0 atom stereocenters. The van der Waals surface area contributed by atoms with Crippen LogP contribution in [0.5, 0.6) is 0 Å². The molecule has 0 aliphatic heterocycles. The first kappa shape index (κ1) is 9.38. The molecule has 2 nitrogen and oxygen atoms in total. The molecule has 0 bridgehead atoms. The van der Waals surface area contributed by atoms with Crippen molar-refractivity contribution in [1.29, 1.82) is 5.41 Å². The number of aromatic nitrogens is 1. The average molecular weight is 272 g/mol. The summed E-state index contributed by atoms with van der Waals surface area (Å²) in [6, 6.07) is 1.86. The van der Waals surface area contributed by atoms with E-state index in [9.17, 15) is 0 Å². The van der Waals surface area contributed by atoms with E-state index < -0.39 is 0 Å². The third kappa shape index (κ3) is 1.72. The molecule has 62 valence electrons. The third-order valence-corrected chi connectivity index (χ3v) is 2.15. The number of pyridine rings is 1. The molecule has 0 fully saturated rings. The Labute approximate surface area is 85.4 Å². The Kier molecular flexibility index (Phi) is 2.97. The molecule has 1 N–H and O–H groups in total. The Hall–Kier alpha value is -0.710. The molecule has 0 aromatic carbocycles. The van der Waals surface area contributed by atoms with Crippen LogP contribution in [-0.2, 0) is 0 Å². The number of halogens is 1. The summed E-state index contributed by atoms with van der Waals surface area (Å²) in [5, 5.41) is 7.52. The van der Waals surface area contributed by atoms with Crippen LogP contribution >= 0.6 is 22.6 Å². The van der Waals surface area contributed by atoms with Crippen LogP contribution in [0.4, 0.5) is 0 Å². The first-order valence-electron chi connectivity index (χ1n) is 3.49. The topological polar surface area (TPSA) is 36.7 Å². The molecule has 12 heavy (non-hydrogen) atoms. The summed E-state index contributed by atoms with van der Waals surface area (Å²) in [6.07, 6.45) is 3.48. The van der Waals surface area contributed by atoms with Gasteiger partial charge in [-0.2, -0.15) is 0 Å². The van der Waals surface area contributed by atoms with Crippen molar-refractivity contribution in [2.45, 2.75) is 6.92 Å². The highest BCUT2D eigenvalue weighted by Crippen LogP contribution is 2.16. The second-order valence-corrected chi connectivity index (χ2v) is 3.46. The van der Waals surface area contributed by atoms with Crippen LogP contribution in [0.3, 0.4) is 0 Å². The summed E-state index contributed by atoms with van der Waals surface area (Å²) in [5.74, 6) is 0. The van der Waals surface area contributed by atoms with Crippen LogP contribution in [-0.4, -0.2) is 8.70 Å². The summed E-state index contributed by atoms with van der Waals surface area (Å²) >= 11 is 1.98. The fourth-order valence-electron chi connectivity index (χ4n) is 1.04. The van der Waals surface area contributed by atoms with Crippen LogP contribution in [0.25, 0.3) is 6.08 Å². The molecule has 3 heteroatoms. The van der Waals surface area contributed by atoms with Crippen molar-refractivity contribution in [2.24, 2.45) is 0 Å². The van der Waals surface area contributed by atoms with Crippen molar-refractivity contribution in [3.63, 3.8) is 0 Å². The van der Waals surface area contributed by atoms with Gasteiger partial charge in [0, 0.05) is 17.5 Å². The van der Waals surface area contributed by atoms with Crippen LogP contribution < -0.4 is 0 Å². The van der Waals surface area contributed by atoms with E-state index in [1.54, 1.807) is 12.3 Å². The molecule has 0 saturated carbocycles. The maximum atomic E-state index is 7.52. The first-order chi connectivity index (χ1) is 5.66. The number of rotatable bonds is 2. The number of nitrogens with one attached hydrogen (secondary N) is 1. The lowest BCUT2D eigenvalue weighted by Gasteiger charge is -2.04. The van der Waals surface area contributed by atoms with Crippen LogP contribution in [0.15, 0.2) is 18.8 Å². The molecule has 0 amide bonds. The van der Waals surface area contributed by atoms with Crippen LogP contribution in [0.2, 0.25) is 0 Å². The lowest BCUT2D eigenvalue weighted by atomic mass is 10.1. The van der Waals surface area contributed by atoms with Gasteiger partial charge in [0.2, 0.25) is 0 Å². The highest BCUT2D eigenvalue weighted by Gasteiger charge is 2.06. The van der Waals surface area contributed by atoms with E-state index in [0.29, 0.717) is 3.72 Å². The zero-order valence-electron chi connectivity index (χ0n) is 6.76. The van der Waals surface area contributed by atoms with Gasteiger partial charge < -0.3 is 0 Å². The van der Waals surface area contributed by atoms with Gasteiger partial charge in [-0.15, -0.1) is 0 Å². The molecule has 1 rings (SSSR count). The minimum atomic E-state index is 0.508. The van der Waals surface area contributed by atoms with Gasteiger partial charge in [0.15, 0.2) is 0 Å².